The number of rotatable bonds is 68. The van der Waals surface area contributed by atoms with Crippen LogP contribution in [-0.4, -0.2) is 106 Å². The van der Waals surface area contributed by atoms with Gasteiger partial charge in [-0.15, -0.1) is 0 Å². The predicted molar refractivity (Wildman–Crippen MR) is 432 cm³/mol. The summed E-state index contributed by atoms with van der Waals surface area (Å²) in [6, 6.07) is 5.12. The molecular formula is C86H144N5O17P. The van der Waals surface area contributed by atoms with Crippen LogP contribution in [-0.2, 0) is 37.4 Å². The van der Waals surface area contributed by atoms with Gasteiger partial charge in [-0.05, 0) is 45.2 Å². The molecule has 2 aromatic heterocycles. The number of nitrogens with zero attached hydrogens (tertiary/aromatic N) is 3. The highest BCUT2D eigenvalue weighted by molar-refractivity contribution is 7.54. The zero-order valence-corrected chi connectivity index (χ0v) is 68.9. The van der Waals surface area contributed by atoms with E-state index in [4.69, 9.17) is 42.2 Å². The summed E-state index contributed by atoms with van der Waals surface area (Å²) in [6.45, 7) is 8.43. The highest BCUT2D eigenvalue weighted by Crippen LogP contribution is 2.60. The summed E-state index contributed by atoms with van der Waals surface area (Å²) in [6.07, 6.45) is 55.7. The van der Waals surface area contributed by atoms with Gasteiger partial charge in [-0.1, -0.05) is 310 Å². The molecular weight excluding hydrogens is 1410 g/mol. The first-order chi connectivity index (χ1) is 53.2. The third-order valence-corrected chi connectivity index (χ3v) is 23.8. The number of carbonyl (C=O) groups excluding carboxylic acids is 2. The van der Waals surface area contributed by atoms with Gasteiger partial charge >= 0.3 is 30.9 Å². The van der Waals surface area contributed by atoms with Gasteiger partial charge in [-0.3, -0.25) is 33.3 Å². The SMILES string of the molecule is CCCCCCCCCCCCCCCCCCOc1cc(C(=O)OCC(=O)O[C@H]2C[C@H](n3cc(C)c(=O)[nH]c3=O)O[C@@H]2COP(=O)(OCCC#N)[C@H]2C[C@H](n3cc(C)c(=O)[nH]c3=O)O[C@@H]2CO)cc(OCCCCCCCCCCCCCCCCCC)c1OCCCCCCCCCCCCCCCCCC. The molecule has 23 heteroatoms. The molecule has 0 amide bonds. The molecule has 0 bridgehead atoms. The number of ether oxygens (including phenoxy) is 7. The van der Waals surface area contributed by atoms with Crippen molar-refractivity contribution in [2.75, 3.05) is 46.2 Å². The maximum Gasteiger partial charge on any atom is 0.344 e. The van der Waals surface area contributed by atoms with Gasteiger partial charge in [-0.2, -0.15) is 5.26 Å². The Morgan fingerprint density at radius 1 is 0.495 bits per heavy atom. The lowest BCUT2D eigenvalue weighted by atomic mass is 10.0. The molecule has 4 heterocycles. The van der Waals surface area contributed by atoms with Gasteiger partial charge < -0.3 is 47.3 Å². The molecule has 109 heavy (non-hydrogen) atoms. The number of nitriles is 1. The number of esters is 2. The Morgan fingerprint density at radius 2 is 0.844 bits per heavy atom. The minimum atomic E-state index is -4.49. The number of aliphatic hydroxyl groups excluding tert-OH is 1. The molecule has 0 saturated carbocycles. The van der Waals surface area contributed by atoms with Crippen molar-refractivity contribution in [2.45, 2.75) is 399 Å². The second-order valence-corrected chi connectivity index (χ2v) is 33.1. The Kier molecular flexibility index (Phi) is 50.3. The third-order valence-electron chi connectivity index (χ3n) is 21.4. The summed E-state index contributed by atoms with van der Waals surface area (Å²) in [5.74, 6) is -0.737. The van der Waals surface area contributed by atoms with Crippen LogP contribution in [0.25, 0.3) is 0 Å². The zero-order chi connectivity index (χ0) is 78.4. The Labute approximate surface area is 653 Å². The number of hydrogen-bond acceptors (Lipinski definition) is 18. The molecule has 620 valence electrons. The lowest BCUT2D eigenvalue weighted by Crippen LogP contribution is -2.34. The first-order valence-corrected chi connectivity index (χ1v) is 45.0. The standard InChI is InChI=1S/C86H144N5O17P/c1-6-9-12-15-18-21-24-27-30-33-36-39-42-45-48-51-56-100-73-60-71(61-74(101-57-52-49-46-43-40-37-34-31-28-25-22-19-16-13-10-7-2)81(73)102-58-53-50-47-44-41-38-35-32-29-26-23-20-17-14-11-8-3)84(96)103-68-80(93)108-72-62-78(90-64-69(4)82(94)88-85(90)97)107-76(72)67-105-109(99,104-59-54-55-87)77-63-79(106-75(77)66-92)91-65-70(5)83(95)89-86(91)98/h60-61,64-65,72,75-79,92H,6-54,56-59,62-63,66-68H2,1-5H3,(H,88,94,97)(H,89,95,98)/t72-,75+,76+,77-,78+,79+,109?/m0/s1. The van der Waals surface area contributed by atoms with E-state index in [9.17, 15) is 39.1 Å². The van der Waals surface area contributed by atoms with Gasteiger partial charge in [0.25, 0.3) is 11.1 Å². The van der Waals surface area contributed by atoms with E-state index in [0.29, 0.717) is 37.1 Å². The van der Waals surface area contributed by atoms with Gasteiger partial charge in [0.05, 0.1) is 69.5 Å². The average molecular weight is 1550 g/mol. The van der Waals surface area contributed by atoms with Gasteiger partial charge in [0.2, 0.25) is 5.75 Å². The van der Waals surface area contributed by atoms with E-state index in [0.717, 1.165) is 66.9 Å². The average Bonchev–Trinajstić information content (AvgIpc) is 1.63. The van der Waals surface area contributed by atoms with Crippen molar-refractivity contribution in [3.05, 3.63) is 82.9 Å². The monoisotopic (exact) mass is 1550 g/mol. The fourth-order valence-corrected chi connectivity index (χ4v) is 16.9. The molecule has 1 aromatic carbocycles. The number of benzene rings is 1. The van der Waals surface area contributed by atoms with Crippen molar-refractivity contribution in [3.63, 3.8) is 0 Å². The molecule has 7 atom stereocenters. The van der Waals surface area contributed by atoms with Crippen molar-refractivity contribution >= 4 is 19.5 Å². The minimum Gasteiger partial charge on any atom is -0.490 e. The summed E-state index contributed by atoms with van der Waals surface area (Å²) >= 11 is 0. The van der Waals surface area contributed by atoms with Crippen molar-refractivity contribution in [1.29, 1.82) is 5.26 Å². The largest absolute Gasteiger partial charge is 0.490 e. The van der Waals surface area contributed by atoms with E-state index in [1.165, 1.54) is 277 Å². The van der Waals surface area contributed by atoms with E-state index in [1.54, 1.807) is 12.1 Å². The molecule has 2 saturated heterocycles. The number of aromatic amines is 2. The molecule has 3 N–H and O–H groups in total. The second kappa shape index (κ2) is 58.3. The van der Waals surface area contributed by atoms with Crippen LogP contribution in [0.2, 0.25) is 0 Å². The molecule has 3 aromatic rings. The number of unbranched alkanes of at least 4 members (excludes halogenated alkanes) is 45. The number of aromatic nitrogens is 4. The van der Waals surface area contributed by atoms with Gasteiger partial charge in [-0.25, -0.2) is 19.2 Å². The van der Waals surface area contributed by atoms with Gasteiger partial charge in [0, 0.05) is 36.4 Å². The molecule has 22 nitrogen and oxygen atoms in total. The molecule has 2 fully saturated rings. The minimum absolute atomic E-state index is 0.0712. The quantitative estimate of drug-likeness (QED) is 0.0269. The normalized spacial score (nSPS) is 17.6. The van der Waals surface area contributed by atoms with Crippen LogP contribution in [0.3, 0.4) is 0 Å². The second-order valence-electron chi connectivity index (χ2n) is 30.9. The Morgan fingerprint density at radius 3 is 1.21 bits per heavy atom. The van der Waals surface area contributed by atoms with Crippen LogP contribution >= 0.6 is 7.60 Å². The zero-order valence-electron chi connectivity index (χ0n) is 68.1. The Balaban J connectivity index is 1.29. The fraction of sp³-hybridized carbons (Fsp3) is 0.802. The summed E-state index contributed by atoms with van der Waals surface area (Å²) in [7, 11) is -4.49. The molecule has 5 rings (SSSR count). The summed E-state index contributed by atoms with van der Waals surface area (Å²) in [5.41, 5.74) is -3.65. The van der Waals surface area contributed by atoms with Gasteiger partial charge in [0.15, 0.2) is 18.1 Å². The van der Waals surface area contributed by atoms with E-state index in [-0.39, 0.29) is 42.6 Å². The van der Waals surface area contributed by atoms with Crippen molar-refractivity contribution in [2.24, 2.45) is 0 Å². The number of carbonyl (C=O) groups is 2. The fourth-order valence-electron chi connectivity index (χ4n) is 14.7. The van der Waals surface area contributed by atoms with Crippen LogP contribution < -0.4 is 36.7 Å². The van der Waals surface area contributed by atoms with Crippen LogP contribution in [0.5, 0.6) is 17.2 Å². The van der Waals surface area contributed by atoms with Crippen LogP contribution in [0.15, 0.2) is 43.7 Å². The molecule has 2 aliphatic rings. The maximum atomic E-state index is 15.1. The van der Waals surface area contributed by atoms with Crippen LogP contribution in [0, 0.1) is 25.2 Å². The number of hydrogen-bond donors (Lipinski definition) is 3. The lowest BCUT2D eigenvalue weighted by molar-refractivity contribution is -0.156. The first kappa shape index (κ1) is 94.0. The smallest absolute Gasteiger partial charge is 0.344 e. The molecule has 0 spiro atoms. The van der Waals surface area contributed by atoms with E-state index in [1.807, 2.05) is 6.07 Å². The lowest BCUT2D eigenvalue weighted by Gasteiger charge is -2.28. The predicted octanol–water partition coefficient (Wildman–Crippen LogP) is 20.5. The molecule has 2 aliphatic heterocycles. The summed E-state index contributed by atoms with van der Waals surface area (Å²) in [4.78, 5) is 84.1. The molecule has 1 unspecified atom stereocenters. The van der Waals surface area contributed by atoms with Crippen molar-refractivity contribution in [3.8, 4) is 23.3 Å². The Bertz CT molecular complexity index is 3210. The highest BCUT2D eigenvalue weighted by atomic mass is 31.2. The molecule has 0 aliphatic carbocycles. The van der Waals surface area contributed by atoms with Gasteiger partial charge in [0.1, 0.15) is 24.7 Å². The van der Waals surface area contributed by atoms with E-state index < -0.39 is 98.3 Å². The van der Waals surface area contributed by atoms with E-state index in [2.05, 4.69) is 30.7 Å². The number of aliphatic hydroxyl groups is 1. The first-order valence-electron chi connectivity index (χ1n) is 43.4. The number of nitrogens with one attached hydrogen (secondary N) is 2. The number of H-pyrrole nitrogens is 2. The van der Waals surface area contributed by atoms with Crippen molar-refractivity contribution < 1.29 is 61.5 Å². The summed E-state index contributed by atoms with van der Waals surface area (Å²) < 4.78 is 73.3. The third kappa shape index (κ3) is 38.2. The van der Waals surface area contributed by atoms with Crippen LogP contribution in [0.4, 0.5) is 0 Å². The van der Waals surface area contributed by atoms with Crippen molar-refractivity contribution in [1.82, 2.24) is 19.1 Å². The summed E-state index contributed by atoms with van der Waals surface area (Å²) in [5, 5.41) is 20.0. The molecule has 0 radical (unpaired) electrons. The van der Waals surface area contributed by atoms with Crippen LogP contribution in [0.1, 0.15) is 382 Å². The highest BCUT2D eigenvalue weighted by Gasteiger charge is 2.51. The number of aryl methyl sites for hydroxylation is 2. The topological polar surface area (TPSA) is 288 Å². The Hall–Kier alpha value is -5.56. The van der Waals surface area contributed by atoms with E-state index >= 15 is 4.57 Å². The maximum absolute atomic E-state index is 15.1.